The van der Waals surface area contributed by atoms with E-state index in [1.165, 1.54) is 12.1 Å². The summed E-state index contributed by atoms with van der Waals surface area (Å²) in [4.78, 5) is 18.1. The molecule has 0 aliphatic carbocycles. The van der Waals surface area contributed by atoms with Crippen LogP contribution in [0.15, 0.2) is 54.7 Å². The minimum Gasteiger partial charge on any atom is -0.497 e. The van der Waals surface area contributed by atoms with E-state index in [-0.39, 0.29) is 18.2 Å². The second-order valence-electron chi connectivity index (χ2n) is 10.1. The van der Waals surface area contributed by atoms with Gasteiger partial charge in [0.25, 0.3) is 0 Å². The van der Waals surface area contributed by atoms with Gasteiger partial charge in [-0.1, -0.05) is 12.1 Å². The van der Waals surface area contributed by atoms with Crippen molar-refractivity contribution in [2.24, 2.45) is 11.8 Å². The van der Waals surface area contributed by atoms with Crippen molar-refractivity contribution in [1.82, 2.24) is 9.88 Å². The van der Waals surface area contributed by atoms with Crippen LogP contribution in [-0.4, -0.2) is 47.7 Å². The summed E-state index contributed by atoms with van der Waals surface area (Å²) in [5.74, 6) is 0.201. The Morgan fingerprint density at radius 3 is 2.73 bits per heavy atom. The average Bonchev–Trinajstić information content (AvgIpc) is 2.91. The molecule has 2 aromatic carbocycles. The molecule has 0 bridgehead atoms. The number of ether oxygens (including phenoxy) is 1. The summed E-state index contributed by atoms with van der Waals surface area (Å²) in [7, 11) is 1.59. The summed E-state index contributed by atoms with van der Waals surface area (Å²) in [5, 5.41) is 10.0. The molecule has 4 rings (SSSR count). The first-order valence-electron chi connectivity index (χ1n) is 13.2. The van der Waals surface area contributed by atoms with E-state index in [1.807, 2.05) is 30.3 Å². The Morgan fingerprint density at radius 2 is 1.97 bits per heavy atom. The van der Waals surface area contributed by atoms with Crippen LogP contribution in [0.5, 0.6) is 5.75 Å². The number of hydrogen-bond acceptors (Lipinski definition) is 4. The number of pyridine rings is 1. The van der Waals surface area contributed by atoms with Crippen LogP contribution in [-0.2, 0) is 11.2 Å². The fourth-order valence-corrected chi connectivity index (χ4v) is 5.60. The van der Waals surface area contributed by atoms with E-state index in [9.17, 15) is 14.3 Å². The normalized spacial score (nSPS) is 19.1. The molecule has 1 fully saturated rings. The molecule has 1 aliphatic heterocycles. The molecule has 0 spiro atoms. The van der Waals surface area contributed by atoms with Crippen molar-refractivity contribution in [2.45, 2.75) is 51.1 Å². The fraction of sp³-hybridized carbons (Fsp3) is 0.467. The number of carboxylic acids is 1. The molecule has 1 aliphatic rings. The Morgan fingerprint density at radius 1 is 1.16 bits per heavy atom. The molecule has 1 saturated heterocycles. The van der Waals surface area contributed by atoms with Crippen LogP contribution in [0.1, 0.15) is 55.8 Å². The van der Waals surface area contributed by atoms with Crippen LogP contribution in [0.3, 0.4) is 0 Å². The van der Waals surface area contributed by atoms with E-state index in [0.29, 0.717) is 30.1 Å². The fourth-order valence-electron chi connectivity index (χ4n) is 5.60. The Bertz CT molecular complexity index is 1170. The molecule has 5 nitrogen and oxygen atoms in total. The van der Waals surface area contributed by atoms with E-state index < -0.39 is 12.1 Å². The Hall–Kier alpha value is -3.06. The molecule has 7 heteroatoms. The molecule has 1 aromatic heterocycles. The van der Waals surface area contributed by atoms with Gasteiger partial charge in [0.2, 0.25) is 0 Å². The minimum atomic E-state index is -1.12. The highest BCUT2D eigenvalue weighted by Crippen LogP contribution is 2.36. The zero-order valence-electron chi connectivity index (χ0n) is 21.4. The first-order valence-corrected chi connectivity index (χ1v) is 13.2. The van der Waals surface area contributed by atoms with Crippen LogP contribution in [0.25, 0.3) is 10.9 Å². The maximum absolute atomic E-state index is 15.5. The standard InChI is InChI=1S/C30H36F2N2O3/c1-37-25-10-12-29-27(19-25)26(14-16-33-29)28(32)11-6-22-15-18-34(20-23(22)7-13-30(35)36)17-2-3-21-4-8-24(31)9-5-21/h4-5,8-10,12,14,16,19,22-23,28H,2-3,6-7,11,13,15,17-18,20H2,1H3,(H,35,36)/t22-,23-,28-/m1/s1. The van der Waals surface area contributed by atoms with Crippen molar-refractivity contribution in [3.05, 3.63) is 71.7 Å². The topological polar surface area (TPSA) is 62.7 Å². The Kier molecular flexibility index (Phi) is 9.45. The van der Waals surface area contributed by atoms with Gasteiger partial charge < -0.3 is 14.7 Å². The third-order valence-electron chi connectivity index (χ3n) is 7.67. The first-order chi connectivity index (χ1) is 17.9. The lowest BCUT2D eigenvalue weighted by molar-refractivity contribution is -0.137. The summed E-state index contributed by atoms with van der Waals surface area (Å²) in [5.41, 5.74) is 2.49. The molecule has 198 valence electrons. The van der Waals surface area contributed by atoms with Gasteiger partial charge in [-0.05, 0) is 111 Å². The SMILES string of the molecule is COc1ccc2nccc([C@H](F)CC[C@@H]3CCN(CCCc4ccc(F)cc4)C[C@H]3CCC(=O)O)c2c1. The summed E-state index contributed by atoms with van der Waals surface area (Å²) < 4.78 is 34.0. The zero-order valence-corrected chi connectivity index (χ0v) is 21.4. The van der Waals surface area contributed by atoms with Gasteiger partial charge in [-0.25, -0.2) is 8.78 Å². The number of methoxy groups -OCH3 is 1. The number of aliphatic carboxylic acids is 1. The Balaban J connectivity index is 1.34. The number of rotatable bonds is 12. The van der Waals surface area contributed by atoms with Crippen LogP contribution in [0.2, 0.25) is 0 Å². The van der Waals surface area contributed by atoms with Gasteiger partial charge in [0, 0.05) is 24.5 Å². The van der Waals surface area contributed by atoms with Crippen molar-refractivity contribution in [3.8, 4) is 5.75 Å². The number of halogens is 2. The lowest BCUT2D eigenvalue weighted by atomic mass is 9.79. The molecule has 3 aromatic rings. The number of carbonyl (C=O) groups is 1. The predicted octanol–water partition coefficient (Wildman–Crippen LogP) is 6.61. The lowest BCUT2D eigenvalue weighted by Crippen LogP contribution is -2.41. The number of carboxylic acid groups (broad SMARTS) is 1. The van der Waals surface area contributed by atoms with Gasteiger partial charge in [0.15, 0.2) is 0 Å². The molecule has 0 unspecified atom stereocenters. The van der Waals surface area contributed by atoms with E-state index in [0.717, 1.165) is 61.8 Å². The van der Waals surface area contributed by atoms with E-state index in [4.69, 9.17) is 4.74 Å². The largest absolute Gasteiger partial charge is 0.497 e. The highest BCUT2D eigenvalue weighted by atomic mass is 19.1. The number of benzene rings is 2. The third kappa shape index (κ3) is 7.48. The smallest absolute Gasteiger partial charge is 0.303 e. The van der Waals surface area contributed by atoms with Crippen molar-refractivity contribution in [2.75, 3.05) is 26.7 Å². The maximum Gasteiger partial charge on any atom is 0.303 e. The van der Waals surface area contributed by atoms with Crippen LogP contribution >= 0.6 is 0 Å². The molecule has 3 atom stereocenters. The third-order valence-corrected chi connectivity index (χ3v) is 7.67. The van der Waals surface area contributed by atoms with Gasteiger partial charge in [-0.2, -0.15) is 0 Å². The van der Waals surface area contributed by atoms with Crippen molar-refractivity contribution in [1.29, 1.82) is 0 Å². The highest BCUT2D eigenvalue weighted by Gasteiger charge is 2.30. The van der Waals surface area contributed by atoms with E-state index >= 15 is 4.39 Å². The molecule has 1 N–H and O–H groups in total. The van der Waals surface area contributed by atoms with E-state index in [2.05, 4.69) is 9.88 Å². The molecular formula is C30H36F2N2O3. The molecule has 0 radical (unpaired) electrons. The summed E-state index contributed by atoms with van der Waals surface area (Å²) in [6, 6.07) is 13.9. The van der Waals surface area contributed by atoms with Crippen molar-refractivity contribution < 1.29 is 23.4 Å². The average molecular weight is 511 g/mol. The number of likely N-dealkylation sites (tertiary alicyclic amines) is 1. The lowest BCUT2D eigenvalue weighted by Gasteiger charge is -2.39. The van der Waals surface area contributed by atoms with Gasteiger partial charge in [-0.3, -0.25) is 9.78 Å². The highest BCUT2D eigenvalue weighted by molar-refractivity contribution is 5.83. The number of alkyl halides is 1. The number of aromatic nitrogens is 1. The molecule has 37 heavy (non-hydrogen) atoms. The summed E-state index contributed by atoms with van der Waals surface area (Å²) >= 11 is 0. The summed E-state index contributed by atoms with van der Waals surface area (Å²) in [6.07, 6.45) is 5.19. The number of fused-ring (bicyclic) bond motifs is 1. The van der Waals surface area contributed by atoms with Gasteiger partial charge in [0.05, 0.1) is 12.6 Å². The monoisotopic (exact) mass is 510 g/mol. The summed E-state index contributed by atoms with van der Waals surface area (Å²) in [6.45, 7) is 2.70. The molecule has 2 heterocycles. The molecule has 0 saturated carbocycles. The van der Waals surface area contributed by atoms with E-state index in [1.54, 1.807) is 19.4 Å². The van der Waals surface area contributed by atoms with Crippen molar-refractivity contribution in [3.63, 3.8) is 0 Å². The maximum atomic E-state index is 15.5. The Labute approximate surface area is 217 Å². The molecular weight excluding hydrogens is 474 g/mol. The van der Waals surface area contributed by atoms with Crippen LogP contribution in [0, 0.1) is 17.7 Å². The minimum absolute atomic E-state index is 0.137. The number of nitrogens with zero attached hydrogens (tertiary/aromatic N) is 2. The number of piperidine rings is 1. The zero-order chi connectivity index (χ0) is 26.2. The first kappa shape index (κ1) is 27.0. The number of hydrogen-bond donors (Lipinski definition) is 1. The van der Waals surface area contributed by atoms with Gasteiger partial charge in [-0.15, -0.1) is 0 Å². The molecule has 0 amide bonds. The second-order valence-corrected chi connectivity index (χ2v) is 10.1. The van der Waals surface area contributed by atoms with Gasteiger partial charge >= 0.3 is 5.97 Å². The van der Waals surface area contributed by atoms with Gasteiger partial charge in [0.1, 0.15) is 17.7 Å². The number of aryl methyl sites for hydroxylation is 1. The van der Waals surface area contributed by atoms with Crippen LogP contribution < -0.4 is 4.74 Å². The van der Waals surface area contributed by atoms with Crippen LogP contribution in [0.4, 0.5) is 8.78 Å². The van der Waals surface area contributed by atoms with Crippen molar-refractivity contribution >= 4 is 16.9 Å². The quantitative estimate of drug-likeness (QED) is 0.297. The second kappa shape index (κ2) is 13.0. The predicted molar refractivity (Wildman–Crippen MR) is 141 cm³/mol.